The molecule has 0 N–H and O–H groups in total. The van der Waals surface area contributed by atoms with Gasteiger partial charge < -0.3 is 9.64 Å². The molecule has 0 bridgehead atoms. The molecule has 2 aromatic rings. The Balaban J connectivity index is 2.07. The van der Waals surface area contributed by atoms with Crippen LogP contribution < -0.4 is 4.90 Å². The number of carbonyl (C=O) groups excluding carboxylic acids is 2. The van der Waals surface area contributed by atoms with Gasteiger partial charge in [-0.05, 0) is 37.1 Å². The number of hydrogen-bond acceptors (Lipinski definition) is 4. The van der Waals surface area contributed by atoms with Gasteiger partial charge in [-0.2, -0.15) is 0 Å². The molecule has 0 radical (unpaired) electrons. The highest BCUT2D eigenvalue weighted by molar-refractivity contribution is 7.80. The highest BCUT2D eigenvalue weighted by Gasteiger charge is 2.37. The lowest BCUT2D eigenvalue weighted by Crippen LogP contribution is -2.44. The molecule has 2 aromatic carbocycles. The van der Waals surface area contributed by atoms with Crippen LogP contribution in [0, 0.1) is 0 Å². The number of esters is 1. The number of nitrogens with zero attached hydrogens (tertiary/aromatic N) is 1. The number of para-hydroxylation sites is 1. The highest BCUT2D eigenvalue weighted by atomic mass is 32.1. The molecule has 1 heterocycles. The second-order valence-corrected chi connectivity index (χ2v) is 6.39. The van der Waals surface area contributed by atoms with Crippen LogP contribution in [0.1, 0.15) is 35.2 Å². The van der Waals surface area contributed by atoms with E-state index in [1.165, 1.54) is 7.11 Å². The molecule has 0 fully saturated rings. The zero-order chi connectivity index (χ0) is 17.3. The van der Waals surface area contributed by atoms with Gasteiger partial charge in [-0.25, -0.2) is 0 Å². The number of ether oxygens (including phenoxy) is 1. The van der Waals surface area contributed by atoms with Crippen molar-refractivity contribution in [2.75, 3.05) is 12.0 Å². The topological polar surface area (TPSA) is 46.6 Å². The van der Waals surface area contributed by atoms with Gasteiger partial charge in [-0.1, -0.05) is 30.3 Å². The summed E-state index contributed by atoms with van der Waals surface area (Å²) in [6, 6.07) is 14.6. The fraction of sp³-hybridized carbons (Fsp3) is 0.263. The van der Waals surface area contributed by atoms with Crippen molar-refractivity contribution in [3.63, 3.8) is 0 Å². The second-order valence-electron chi connectivity index (χ2n) is 5.91. The van der Waals surface area contributed by atoms with Crippen molar-refractivity contribution in [3.8, 4) is 0 Å². The Kier molecular flexibility index (Phi) is 4.62. The van der Waals surface area contributed by atoms with Crippen LogP contribution >= 0.6 is 12.6 Å². The molecule has 3 rings (SSSR count). The Morgan fingerprint density at radius 1 is 1.12 bits per heavy atom. The maximum absolute atomic E-state index is 13.1. The number of carbonyl (C=O) groups is 2. The first-order valence-electron chi connectivity index (χ1n) is 7.83. The molecular formula is C19H19NO3S. The lowest BCUT2D eigenvalue weighted by molar-refractivity contribution is -0.142. The minimum atomic E-state index is -0.350. The van der Waals surface area contributed by atoms with Gasteiger partial charge in [-0.3, -0.25) is 9.59 Å². The average molecular weight is 341 g/mol. The molecule has 2 unspecified atom stereocenters. The molecule has 0 spiro atoms. The Labute approximate surface area is 146 Å². The summed E-state index contributed by atoms with van der Waals surface area (Å²) in [5.74, 6) is -0.726. The Bertz CT molecular complexity index is 790. The predicted octanol–water partition coefficient (Wildman–Crippen LogP) is 3.67. The zero-order valence-electron chi connectivity index (χ0n) is 13.6. The summed E-state index contributed by atoms with van der Waals surface area (Å²) in [5.41, 5.74) is 2.14. The maximum Gasteiger partial charge on any atom is 0.313 e. The van der Waals surface area contributed by atoms with Gasteiger partial charge in [0.25, 0.3) is 5.91 Å². The first-order chi connectivity index (χ1) is 11.5. The number of hydrogen-bond donors (Lipinski definition) is 1. The van der Waals surface area contributed by atoms with E-state index < -0.39 is 0 Å². The van der Waals surface area contributed by atoms with E-state index in [1.807, 2.05) is 43.3 Å². The van der Waals surface area contributed by atoms with Gasteiger partial charge in [-0.15, -0.1) is 12.6 Å². The normalized spacial score (nSPS) is 19.5. The fourth-order valence-electron chi connectivity index (χ4n) is 3.27. The molecule has 5 heteroatoms. The Morgan fingerprint density at radius 2 is 1.79 bits per heavy atom. The van der Waals surface area contributed by atoms with E-state index in [0.717, 1.165) is 11.3 Å². The van der Waals surface area contributed by atoms with Crippen molar-refractivity contribution in [2.45, 2.75) is 30.2 Å². The quantitative estimate of drug-likeness (QED) is 0.670. The molecule has 0 aliphatic carbocycles. The van der Waals surface area contributed by atoms with E-state index in [4.69, 9.17) is 4.74 Å². The number of methoxy groups -OCH3 is 1. The number of rotatable bonds is 2. The molecular weight excluding hydrogens is 322 g/mol. The van der Waals surface area contributed by atoms with Gasteiger partial charge in [0.2, 0.25) is 0 Å². The fourth-order valence-corrected chi connectivity index (χ4v) is 3.53. The summed E-state index contributed by atoms with van der Waals surface area (Å²) in [7, 11) is 1.39. The summed E-state index contributed by atoms with van der Waals surface area (Å²) < 4.78 is 4.94. The van der Waals surface area contributed by atoms with Crippen molar-refractivity contribution in [3.05, 3.63) is 59.7 Å². The zero-order valence-corrected chi connectivity index (χ0v) is 14.5. The van der Waals surface area contributed by atoms with Gasteiger partial charge in [0.1, 0.15) is 0 Å². The number of thiol groups is 1. The smallest absolute Gasteiger partial charge is 0.313 e. The van der Waals surface area contributed by atoms with Crippen LogP contribution in [0.5, 0.6) is 0 Å². The highest BCUT2D eigenvalue weighted by Crippen LogP contribution is 2.40. The van der Waals surface area contributed by atoms with Gasteiger partial charge in [0, 0.05) is 16.6 Å². The molecule has 2 atom stereocenters. The second kappa shape index (κ2) is 6.69. The van der Waals surface area contributed by atoms with Gasteiger partial charge in [0.15, 0.2) is 0 Å². The maximum atomic E-state index is 13.1. The van der Waals surface area contributed by atoms with Crippen molar-refractivity contribution in [1.29, 1.82) is 0 Å². The first-order valence-corrected chi connectivity index (χ1v) is 8.27. The first kappa shape index (κ1) is 16.6. The number of fused-ring (bicyclic) bond motifs is 1. The van der Waals surface area contributed by atoms with Crippen LogP contribution in [-0.2, 0) is 9.53 Å². The van der Waals surface area contributed by atoms with Crippen molar-refractivity contribution >= 4 is 30.2 Å². The van der Waals surface area contributed by atoms with Crippen molar-refractivity contribution in [1.82, 2.24) is 0 Å². The number of benzene rings is 2. The van der Waals surface area contributed by atoms with Gasteiger partial charge >= 0.3 is 5.97 Å². The van der Waals surface area contributed by atoms with Crippen LogP contribution in [0.25, 0.3) is 0 Å². The van der Waals surface area contributed by atoms with E-state index in [-0.39, 0.29) is 23.8 Å². The summed E-state index contributed by atoms with van der Waals surface area (Å²) in [4.78, 5) is 27.6. The van der Waals surface area contributed by atoms with E-state index in [2.05, 4.69) is 12.6 Å². The molecule has 1 aliphatic heterocycles. The van der Waals surface area contributed by atoms with Crippen molar-refractivity contribution in [2.24, 2.45) is 0 Å². The largest absolute Gasteiger partial charge is 0.469 e. The molecule has 124 valence electrons. The third kappa shape index (κ3) is 2.80. The standard InChI is InChI=1S/C19H19NO3S/c1-12-11-15(19(22)23-2)13-7-3-5-9-16(13)20(12)18(21)14-8-4-6-10-17(14)24/h3-10,12,15,24H,11H2,1-2H3. The third-order valence-corrected chi connectivity index (χ3v) is 4.82. The van der Waals surface area contributed by atoms with E-state index in [9.17, 15) is 9.59 Å². The molecule has 1 aliphatic rings. The summed E-state index contributed by atoms with van der Waals surface area (Å²) in [5, 5.41) is 0. The molecule has 24 heavy (non-hydrogen) atoms. The average Bonchev–Trinajstić information content (AvgIpc) is 2.60. The molecule has 0 aromatic heterocycles. The lowest BCUT2D eigenvalue weighted by atomic mass is 9.85. The van der Waals surface area contributed by atoms with Crippen LogP contribution in [0.4, 0.5) is 5.69 Å². The van der Waals surface area contributed by atoms with Crippen molar-refractivity contribution < 1.29 is 14.3 Å². The summed E-state index contributed by atoms with van der Waals surface area (Å²) >= 11 is 4.40. The predicted molar refractivity (Wildman–Crippen MR) is 95.8 cm³/mol. The molecule has 0 saturated heterocycles. The van der Waals surface area contributed by atoms with Crippen LogP contribution in [0.2, 0.25) is 0 Å². The Morgan fingerprint density at radius 3 is 2.50 bits per heavy atom. The van der Waals surface area contributed by atoms with Crippen LogP contribution in [0.3, 0.4) is 0 Å². The van der Waals surface area contributed by atoms with Crippen LogP contribution in [0.15, 0.2) is 53.4 Å². The van der Waals surface area contributed by atoms with Gasteiger partial charge in [0.05, 0.1) is 18.6 Å². The lowest BCUT2D eigenvalue weighted by Gasteiger charge is -2.38. The third-order valence-electron chi connectivity index (χ3n) is 4.43. The molecule has 4 nitrogen and oxygen atoms in total. The summed E-state index contributed by atoms with van der Waals surface area (Å²) in [6.07, 6.45) is 0.532. The minimum absolute atomic E-state index is 0.108. The monoisotopic (exact) mass is 341 g/mol. The minimum Gasteiger partial charge on any atom is -0.469 e. The summed E-state index contributed by atoms with van der Waals surface area (Å²) in [6.45, 7) is 1.95. The molecule has 0 saturated carbocycles. The SMILES string of the molecule is COC(=O)C1CC(C)N(C(=O)c2ccccc2S)c2ccccc21. The van der Waals surface area contributed by atoms with E-state index in [1.54, 1.807) is 17.0 Å². The number of anilines is 1. The Hall–Kier alpha value is -2.27. The van der Waals surface area contributed by atoms with E-state index >= 15 is 0 Å². The van der Waals surface area contributed by atoms with E-state index in [0.29, 0.717) is 16.9 Å². The van der Waals surface area contributed by atoms with Crippen LogP contribution in [-0.4, -0.2) is 25.0 Å². The number of amides is 1. The molecule has 1 amide bonds.